The average Bonchev–Trinajstić information content (AvgIpc) is 2.30. The largest absolute Gasteiger partial charge is 0.328 e. The summed E-state index contributed by atoms with van der Waals surface area (Å²) in [6, 6.07) is 0.482. The summed E-state index contributed by atoms with van der Waals surface area (Å²) in [4.78, 5) is 4.89. The first-order valence-electron chi connectivity index (χ1n) is 7.24. The van der Waals surface area contributed by atoms with Crippen molar-refractivity contribution in [1.29, 1.82) is 0 Å². The van der Waals surface area contributed by atoms with E-state index in [0.717, 1.165) is 5.92 Å². The molecule has 102 valence electrons. The van der Waals surface area contributed by atoms with E-state index in [2.05, 4.69) is 30.8 Å². The van der Waals surface area contributed by atoms with Crippen LogP contribution in [0.25, 0.3) is 0 Å². The van der Waals surface area contributed by atoms with E-state index in [1.54, 1.807) is 0 Å². The third-order valence-electron chi connectivity index (χ3n) is 3.93. The minimum absolute atomic E-state index is 0.482. The SMILES string of the molecule is CCN(CCCN(C)C)CC1CCC(N)CC1. The first kappa shape index (κ1) is 14.9. The fraction of sp³-hybridized carbons (Fsp3) is 1.00. The maximum absolute atomic E-state index is 5.95. The fourth-order valence-corrected chi connectivity index (χ4v) is 2.73. The van der Waals surface area contributed by atoms with Gasteiger partial charge in [0.1, 0.15) is 0 Å². The van der Waals surface area contributed by atoms with Crippen LogP contribution in [0.2, 0.25) is 0 Å². The lowest BCUT2D eigenvalue weighted by molar-refractivity contribution is 0.194. The molecule has 0 heterocycles. The van der Waals surface area contributed by atoms with Gasteiger partial charge in [0.2, 0.25) is 0 Å². The van der Waals surface area contributed by atoms with Crippen LogP contribution in [0.15, 0.2) is 0 Å². The van der Waals surface area contributed by atoms with Crippen molar-refractivity contribution in [1.82, 2.24) is 9.80 Å². The van der Waals surface area contributed by atoms with Crippen LogP contribution in [-0.4, -0.2) is 56.1 Å². The molecule has 1 aliphatic carbocycles. The van der Waals surface area contributed by atoms with Crippen LogP contribution < -0.4 is 5.73 Å². The minimum atomic E-state index is 0.482. The lowest BCUT2D eigenvalue weighted by Crippen LogP contribution is -2.35. The van der Waals surface area contributed by atoms with Crippen molar-refractivity contribution < 1.29 is 0 Å². The summed E-state index contributed by atoms with van der Waals surface area (Å²) in [5.74, 6) is 0.897. The minimum Gasteiger partial charge on any atom is -0.328 e. The number of hydrogen-bond donors (Lipinski definition) is 1. The number of rotatable bonds is 7. The summed E-state index contributed by atoms with van der Waals surface area (Å²) in [5.41, 5.74) is 5.95. The molecule has 17 heavy (non-hydrogen) atoms. The molecule has 3 nitrogen and oxygen atoms in total. The predicted molar refractivity (Wildman–Crippen MR) is 75.2 cm³/mol. The van der Waals surface area contributed by atoms with Crippen LogP contribution in [0.5, 0.6) is 0 Å². The van der Waals surface area contributed by atoms with Crippen molar-refractivity contribution >= 4 is 0 Å². The Hall–Kier alpha value is -0.120. The van der Waals surface area contributed by atoms with Crippen LogP contribution in [-0.2, 0) is 0 Å². The van der Waals surface area contributed by atoms with E-state index in [0.29, 0.717) is 6.04 Å². The Morgan fingerprint density at radius 2 is 1.71 bits per heavy atom. The molecule has 0 aromatic carbocycles. The van der Waals surface area contributed by atoms with Gasteiger partial charge < -0.3 is 15.5 Å². The molecule has 3 heteroatoms. The van der Waals surface area contributed by atoms with Crippen LogP contribution in [0.4, 0.5) is 0 Å². The van der Waals surface area contributed by atoms with Gasteiger partial charge in [0.25, 0.3) is 0 Å². The zero-order chi connectivity index (χ0) is 12.7. The molecule has 0 aliphatic heterocycles. The Labute approximate surface area is 107 Å². The quantitative estimate of drug-likeness (QED) is 0.737. The Morgan fingerprint density at radius 3 is 2.24 bits per heavy atom. The summed E-state index contributed by atoms with van der Waals surface area (Å²) in [6.45, 7) is 7.21. The topological polar surface area (TPSA) is 32.5 Å². The number of nitrogens with zero attached hydrogens (tertiary/aromatic N) is 2. The van der Waals surface area contributed by atoms with Gasteiger partial charge in [0, 0.05) is 12.6 Å². The van der Waals surface area contributed by atoms with Gasteiger partial charge in [-0.1, -0.05) is 6.92 Å². The summed E-state index contributed by atoms with van der Waals surface area (Å²) in [5, 5.41) is 0. The fourth-order valence-electron chi connectivity index (χ4n) is 2.73. The van der Waals surface area contributed by atoms with Gasteiger partial charge in [0.05, 0.1) is 0 Å². The Kier molecular flexibility index (Phi) is 7.09. The second kappa shape index (κ2) is 8.06. The van der Waals surface area contributed by atoms with Gasteiger partial charge in [-0.25, -0.2) is 0 Å². The van der Waals surface area contributed by atoms with Gasteiger partial charge in [-0.05, 0) is 71.8 Å². The van der Waals surface area contributed by atoms with Gasteiger partial charge in [0.15, 0.2) is 0 Å². The predicted octanol–water partition coefficient (Wildman–Crippen LogP) is 1.78. The highest BCUT2D eigenvalue weighted by Crippen LogP contribution is 2.23. The van der Waals surface area contributed by atoms with E-state index in [9.17, 15) is 0 Å². The van der Waals surface area contributed by atoms with Crippen molar-refractivity contribution in [3.05, 3.63) is 0 Å². The first-order chi connectivity index (χ1) is 8.11. The molecule has 1 aliphatic rings. The maximum atomic E-state index is 5.95. The molecule has 0 spiro atoms. The molecule has 0 aromatic rings. The van der Waals surface area contributed by atoms with Gasteiger partial charge in [-0.2, -0.15) is 0 Å². The van der Waals surface area contributed by atoms with Crippen molar-refractivity contribution in [2.45, 2.75) is 45.1 Å². The summed E-state index contributed by atoms with van der Waals surface area (Å²) >= 11 is 0. The van der Waals surface area contributed by atoms with Gasteiger partial charge in [-0.3, -0.25) is 0 Å². The van der Waals surface area contributed by atoms with Crippen LogP contribution in [0.1, 0.15) is 39.0 Å². The van der Waals surface area contributed by atoms with Crippen LogP contribution in [0, 0.1) is 5.92 Å². The number of nitrogens with two attached hydrogens (primary N) is 1. The Balaban J connectivity index is 2.17. The van der Waals surface area contributed by atoms with Crippen molar-refractivity contribution in [2.75, 3.05) is 40.3 Å². The second-order valence-corrected chi connectivity index (χ2v) is 5.83. The molecule has 1 fully saturated rings. The lowest BCUT2D eigenvalue weighted by atomic mass is 9.86. The lowest BCUT2D eigenvalue weighted by Gasteiger charge is -2.31. The molecule has 0 radical (unpaired) electrons. The smallest absolute Gasteiger partial charge is 0.00390 e. The highest BCUT2D eigenvalue weighted by Gasteiger charge is 2.20. The monoisotopic (exact) mass is 241 g/mol. The molecular weight excluding hydrogens is 210 g/mol. The normalized spacial score (nSPS) is 25.8. The summed E-state index contributed by atoms with van der Waals surface area (Å²) in [7, 11) is 4.30. The van der Waals surface area contributed by atoms with Gasteiger partial charge in [-0.15, -0.1) is 0 Å². The van der Waals surface area contributed by atoms with Gasteiger partial charge >= 0.3 is 0 Å². The molecule has 0 saturated heterocycles. The molecule has 0 atom stereocenters. The summed E-state index contributed by atoms with van der Waals surface area (Å²) < 4.78 is 0. The third-order valence-corrected chi connectivity index (χ3v) is 3.93. The molecule has 1 rings (SSSR count). The Bertz CT molecular complexity index is 186. The molecule has 2 N–H and O–H groups in total. The van der Waals surface area contributed by atoms with E-state index < -0.39 is 0 Å². The maximum Gasteiger partial charge on any atom is 0.00390 e. The zero-order valence-corrected chi connectivity index (χ0v) is 12.0. The molecule has 0 bridgehead atoms. The molecule has 0 amide bonds. The van der Waals surface area contributed by atoms with Crippen molar-refractivity contribution in [3.8, 4) is 0 Å². The van der Waals surface area contributed by atoms with Crippen molar-refractivity contribution in [3.63, 3.8) is 0 Å². The average molecular weight is 241 g/mol. The molecule has 1 saturated carbocycles. The zero-order valence-electron chi connectivity index (χ0n) is 12.0. The first-order valence-corrected chi connectivity index (χ1v) is 7.24. The van der Waals surface area contributed by atoms with E-state index >= 15 is 0 Å². The van der Waals surface area contributed by atoms with E-state index in [-0.39, 0.29) is 0 Å². The highest BCUT2D eigenvalue weighted by molar-refractivity contribution is 4.76. The van der Waals surface area contributed by atoms with Crippen LogP contribution >= 0.6 is 0 Å². The highest BCUT2D eigenvalue weighted by atomic mass is 15.1. The molecule has 0 aromatic heterocycles. The summed E-state index contributed by atoms with van der Waals surface area (Å²) in [6.07, 6.45) is 6.43. The van der Waals surface area contributed by atoms with Crippen LogP contribution in [0.3, 0.4) is 0 Å². The standard InChI is InChI=1S/C14H31N3/c1-4-17(11-5-10-16(2)3)12-13-6-8-14(15)9-7-13/h13-14H,4-12,15H2,1-3H3. The second-order valence-electron chi connectivity index (χ2n) is 5.83. The Morgan fingerprint density at radius 1 is 1.06 bits per heavy atom. The van der Waals surface area contributed by atoms with E-state index in [1.165, 1.54) is 58.3 Å². The molecule has 0 unspecified atom stereocenters. The third kappa shape index (κ3) is 6.39. The molecular formula is C14H31N3. The number of hydrogen-bond acceptors (Lipinski definition) is 3. The van der Waals surface area contributed by atoms with Crippen molar-refractivity contribution in [2.24, 2.45) is 11.7 Å². The van der Waals surface area contributed by atoms with E-state index in [1.807, 2.05) is 0 Å². The van der Waals surface area contributed by atoms with E-state index in [4.69, 9.17) is 5.73 Å².